The van der Waals surface area contributed by atoms with Crippen LogP contribution >= 0.6 is 0 Å². The first-order valence-corrected chi connectivity index (χ1v) is 11.6. The van der Waals surface area contributed by atoms with Crippen molar-refractivity contribution in [3.8, 4) is 11.1 Å². The number of para-hydroxylation sites is 1. The van der Waals surface area contributed by atoms with Crippen LogP contribution in [0.5, 0.6) is 0 Å². The molecular weight excluding hydrogens is 472 g/mol. The van der Waals surface area contributed by atoms with Gasteiger partial charge in [0.2, 0.25) is 0 Å². The summed E-state index contributed by atoms with van der Waals surface area (Å²) in [6, 6.07) is 24.5. The van der Waals surface area contributed by atoms with Gasteiger partial charge in [-0.05, 0) is 71.3 Å². The Hall–Kier alpha value is -4.78. The van der Waals surface area contributed by atoms with E-state index in [0.717, 1.165) is 33.8 Å². The van der Waals surface area contributed by atoms with Crippen LogP contribution < -0.4 is 4.90 Å². The number of halogens is 2. The van der Waals surface area contributed by atoms with E-state index in [0.29, 0.717) is 16.8 Å². The molecule has 184 valence electrons. The molecule has 0 saturated carbocycles. The van der Waals surface area contributed by atoms with Crippen LogP contribution in [0.2, 0.25) is 0 Å². The van der Waals surface area contributed by atoms with Crippen LogP contribution in [0.15, 0.2) is 97.2 Å². The van der Waals surface area contributed by atoms with E-state index in [4.69, 9.17) is 5.11 Å². The molecule has 0 unspecified atom stereocenters. The molecule has 0 saturated heterocycles. The summed E-state index contributed by atoms with van der Waals surface area (Å²) in [5.41, 5.74) is 4.65. The van der Waals surface area contributed by atoms with Crippen LogP contribution in [0.4, 0.5) is 20.2 Å². The Labute approximate surface area is 212 Å². The van der Waals surface area contributed by atoms with Gasteiger partial charge in [0.05, 0.1) is 18.3 Å². The molecule has 0 aliphatic heterocycles. The average Bonchev–Trinajstić information content (AvgIpc) is 3.27. The maximum atomic E-state index is 15.4. The number of nitrogens with zero attached hydrogens (tertiary/aromatic N) is 3. The zero-order valence-corrected chi connectivity index (χ0v) is 20.0. The molecule has 1 aromatic heterocycles. The van der Waals surface area contributed by atoms with Gasteiger partial charge in [0.1, 0.15) is 11.6 Å². The van der Waals surface area contributed by atoms with Crippen molar-refractivity contribution in [2.45, 2.75) is 6.54 Å². The van der Waals surface area contributed by atoms with Crippen molar-refractivity contribution in [2.75, 3.05) is 4.90 Å². The second-order valence-electron chi connectivity index (χ2n) is 8.68. The van der Waals surface area contributed by atoms with E-state index in [9.17, 15) is 9.18 Å². The van der Waals surface area contributed by atoms with E-state index in [1.165, 1.54) is 24.3 Å². The number of anilines is 2. The fourth-order valence-electron chi connectivity index (χ4n) is 4.32. The second kappa shape index (κ2) is 10.1. The van der Waals surface area contributed by atoms with Gasteiger partial charge in [-0.2, -0.15) is 5.10 Å². The van der Waals surface area contributed by atoms with Gasteiger partial charge in [0, 0.05) is 35.4 Å². The molecule has 4 aromatic carbocycles. The van der Waals surface area contributed by atoms with Crippen molar-refractivity contribution < 1.29 is 18.7 Å². The zero-order valence-electron chi connectivity index (χ0n) is 20.0. The fraction of sp³-hybridized carbons (Fsp3) is 0.0667. The highest BCUT2D eigenvalue weighted by atomic mass is 19.1. The summed E-state index contributed by atoms with van der Waals surface area (Å²) in [5.74, 6) is -2.03. The molecular formula is C30H23F2N3O2. The predicted molar refractivity (Wildman–Crippen MR) is 141 cm³/mol. The predicted octanol–water partition coefficient (Wildman–Crippen LogP) is 6.95. The van der Waals surface area contributed by atoms with Gasteiger partial charge in [0.15, 0.2) is 0 Å². The molecule has 5 nitrogen and oxygen atoms in total. The number of carbonyl (C=O) groups is 1. The van der Waals surface area contributed by atoms with Crippen molar-refractivity contribution in [3.63, 3.8) is 0 Å². The first kappa shape index (κ1) is 23.9. The monoisotopic (exact) mass is 495 g/mol. The van der Waals surface area contributed by atoms with E-state index >= 15 is 4.39 Å². The molecule has 7 heteroatoms. The Kier molecular flexibility index (Phi) is 6.51. The number of hydrogen-bond acceptors (Lipinski definition) is 3. The molecule has 1 heterocycles. The Morgan fingerprint density at radius 2 is 1.70 bits per heavy atom. The summed E-state index contributed by atoms with van der Waals surface area (Å²) in [6.45, 7) is 0.142. The van der Waals surface area contributed by atoms with E-state index < -0.39 is 11.8 Å². The van der Waals surface area contributed by atoms with Crippen LogP contribution in [0.25, 0.3) is 28.1 Å². The van der Waals surface area contributed by atoms with Gasteiger partial charge in [-0.15, -0.1) is 0 Å². The van der Waals surface area contributed by atoms with E-state index in [-0.39, 0.29) is 12.4 Å². The third-order valence-electron chi connectivity index (χ3n) is 6.16. The smallest absolute Gasteiger partial charge is 0.328 e. The lowest BCUT2D eigenvalue weighted by Gasteiger charge is -2.26. The summed E-state index contributed by atoms with van der Waals surface area (Å²) >= 11 is 0. The molecule has 0 radical (unpaired) electrons. The van der Waals surface area contributed by atoms with Crippen LogP contribution in [-0.2, 0) is 18.4 Å². The fourth-order valence-corrected chi connectivity index (χ4v) is 4.32. The molecule has 5 rings (SSSR count). The van der Waals surface area contributed by atoms with Gasteiger partial charge in [-0.3, -0.25) is 4.68 Å². The van der Waals surface area contributed by atoms with Crippen molar-refractivity contribution >= 4 is 34.3 Å². The topological polar surface area (TPSA) is 58.4 Å². The second-order valence-corrected chi connectivity index (χ2v) is 8.68. The lowest BCUT2D eigenvalue weighted by Crippen LogP contribution is -2.17. The van der Waals surface area contributed by atoms with Crippen LogP contribution in [0.3, 0.4) is 0 Å². The molecule has 5 aromatic rings. The van der Waals surface area contributed by atoms with Crippen LogP contribution in [0.1, 0.15) is 11.1 Å². The highest BCUT2D eigenvalue weighted by Gasteiger charge is 2.15. The largest absolute Gasteiger partial charge is 0.478 e. The summed E-state index contributed by atoms with van der Waals surface area (Å²) in [5, 5.41) is 14.2. The first-order valence-electron chi connectivity index (χ1n) is 11.6. The van der Waals surface area contributed by atoms with Gasteiger partial charge in [-0.1, -0.05) is 36.4 Å². The first-order chi connectivity index (χ1) is 17.9. The number of aromatic nitrogens is 2. The van der Waals surface area contributed by atoms with Crippen LogP contribution in [-0.4, -0.2) is 20.9 Å². The lowest BCUT2D eigenvalue weighted by atomic mass is 10.0. The Balaban J connectivity index is 1.50. The molecule has 1 N–H and O–H groups in total. The lowest BCUT2D eigenvalue weighted by molar-refractivity contribution is -0.131. The third kappa shape index (κ3) is 5.26. The van der Waals surface area contributed by atoms with Gasteiger partial charge >= 0.3 is 5.97 Å². The third-order valence-corrected chi connectivity index (χ3v) is 6.16. The van der Waals surface area contributed by atoms with Crippen molar-refractivity contribution in [1.82, 2.24) is 9.78 Å². The minimum absolute atomic E-state index is 0.142. The van der Waals surface area contributed by atoms with E-state index in [1.54, 1.807) is 27.9 Å². The van der Waals surface area contributed by atoms with Gasteiger partial charge < -0.3 is 10.0 Å². The number of aliphatic carboxylic acids is 1. The molecule has 0 aliphatic carbocycles. The number of aryl methyl sites for hydroxylation is 1. The summed E-state index contributed by atoms with van der Waals surface area (Å²) in [4.78, 5) is 12.7. The number of hydrogen-bond donors (Lipinski definition) is 1. The van der Waals surface area contributed by atoms with Gasteiger partial charge in [0.25, 0.3) is 0 Å². The molecule has 0 fully saturated rings. The Bertz CT molecular complexity index is 1630. The number of rotatable bonds is 7. The van der Waals surface area contributed by atoms with E-state index in [1.807, 2.05) is 61.6 Å². The maximum absolute atomic E-state index is 15.4. The summed E-state index contributed by atoms with van der Waals surface area (Å²) < 4.78 is 31.7. The summed E-state index contributed by atoms with van der Waals surface area (Å²) in [6.07, 6.45) is 4.05. The highest BCUT2D eigenvalue weighted by molar-refractivity contribution is 5.86. The number of benzene rings is 4. The van der Waals surface area contributed by atoms with Crippen molar-refractivity contribution in [1.29, 1.82) is 0 Å². The molecule has 0 amide bonds. The maximum Gasteiger partial charge on any atom is 0.328 e. The molecule has 0 atom stereocenters. The normalized spacial score (nSPS) is 11.3. The van der Waals surface area contributed by atoms with Crippen molar-refractivity contribution in [3.05, 3.63) is 120 Å². The van der Waals surface area contributed by atoms with Crippen molar-refractivity contribution in [2.24, 2.45) is 7.05 Å². The standard InChI is InChI=1S/C30H23F2N3O2/c1-34-29-11-10-21(15-24(29)18-33-34)22-8-9-23(28(32)16-22)19-35(26-5-3-2-4-6-26)27-14-20(7-12-30(36)37)13-25(31)17-27/h2-18H,19H2,1H3,(H,36,37)/b12-7+. The number of carboxylic acid groups (broad SMARTS) is 1. The number of fused-ring (bicyclic) bond motifs is 1. The van der Waals surface area contributed by atoms with E-state index in [2.05, 4.69) is 5.10 Å². The SMILES string of the molecule is Cn1ncc2cc(-c3ccc(CN(c4ccccc4)c4cc(F)cc(/C=C/C(=O)O)c4)c(F)c3)ccc21. The Morgan fingerprint density at radius 3 is 2.46 bits per heavy atom. The van der Waals surface area contributed by atoms with Crippen LogP contribution in [0, 0.1) is 11.6 Å². The van der Waals surface area contributed by atoms with Gasteiger partial charge in [-0.25, -0.2) is 13.6 Å². The Morgan fingerprint density at radius 1 is 0.946 bits per heavy atom. The average molecular weight is 496 g/mol. The molecule has 0 spiro atoms. The quantitative estimate of drug-likeness (QED) is 0.248. The highest BCUT2D eigenvalue weighted by Crippen LogP contribution is 2.32. The zero-order chi connectivity index (χ0) is 25.9. The minimum atomic E-state index is -1.13. The molecule has 0 bridgehead atoms. The molecule has 0 aliphatic rings. The molecule has 37 heavy (non-hydrogen) atoms. The minimum Gasteiger partial charge on any atom is -0.478 e. The summed E-state index contributed by atoms with van der Waals surface area (Å²) in [7, 11) is 1.87. The number of carboxylic acids is 1.